The zero-order chi connectivity index (χ0) is 24.7. The van der Waals surface area contributed by atoms with Gasteiger partial charge in [-0.25, -0.2) is 0 Å². The number of hydrogen-bond donors (Lipinski definition) is 6. The number of hydrogen-bond acceptors (Lipinski definition) is 7. The van der Waals surface area contributed by atoms with Crippen molar-refractivity contribution < 1.29 is 35.4 Å². The number of aromatic hydroxyl groups is 6. The Morgan fingerprint density at radius 1 is 0.571 bits per heavy atom. The standard InChI is InChI=1S/C28H24O7/c29-18-5-3-15(4-6-18)1-2-16-9-24(34)27-25(10-16)35-28(22-8-7-19(30)14-23(22)33)26(27)17-11-20(31)13-21(32)12-17/h3-14,26,28-34H,1-2H2. The first kappa shape index (κ1) is 22.3. The summed E-state index contributed by atoms with van der Waals surface area (Å²) in [7, 11) is 0. The Bertz CT molecular complexity index is 1380. The van der Waals surface area contributed by atoms with Crippen molar-refractivity contribution in [2.45, 2.75) is 24.9 Å². The lowest BCUT2D eigenvalue weighted by Gasteiger charge is -2.21. The van der Waals surface area contributed by atoms with E-state index in [9.17, 15) is 30.6 Å². The van der Waals surface area contributed by atoms with E-state index >= 15 is 0 Å². The van der Waals surface area contributed by atoms with E-state index in [2.05, 4.69) is 0 Å². The van der Waals surface area contributed by atoms with E-state index in [4.69, 9.17) is 4.74 Å². The highest BCUT2D eigenvalue weighted by Crippen LogP contribution is 2.55. The molecule has 0 fully saturated rings. The van der Waals surface area contributed by atoms with Crippen LogP contribution < -0.4 is 4.74 Å². The molecule has 5 rings (SSSR count). The van der Waals surface area contributed by atoms with Gasteiger partial charge in [-0.1, -0.05) is 12.1 Å². The third kappa shape index (κ3) is 4.36. The SMILES string of the molecule is Oc1ccc(CCc2cc(O)c3c(c2)OC(c2ccc(O)cc2O)C3c2cc(O)cc(O)c2)cc1. The summed E-state index contributed by atoms with van der Waals surface area (Å²) in [5.41, 5.74) is 3.22. The minimum absolute atomic E-state index is 0.00296. The van der Waals surface area contributed by atoms with E-state index in [-0.39, 0.29) is 34.5 Å². The topological polar surface area (TPSA) is 131 Å². The Morgan fingerprint density at radius 2 is 1.23 bits per heavy atom. The van der Waals surface area contributed by atoms with Gasteiger partial charge in [-0.2, -0.15) is 0 Å². The summed E-state index contributed by atoms with van der Waals surface area (Å²) >= 11 is 0. The van der Waals surface area contributed by atoms with Gasteiger partial charge in [0.2, 0.25) is 0 Å². The maximum atomic E-state index is 11.1. The first-order valence-electron chi connectivity index (χ1n) is 11.1. The minimum atomic E-state index is -0.787. The number of fused-ring (bicyclic) bond motifs is 1. The summed E-state index contributed by atoms with van der Waals surface area (Å²) in [4.78, 5) is 0. The van der Waals surface area contributed by atoms with Gasteiger partial charge in [0.1, 0.15) is 46.4 Å². The van der Waals surface area contributed by atoms with Gasteiger partial charge in [0.25, 0.3) is 0 Å². The van der Waals surface area contributed by atoms with Crippen LogP contribution in [0.1, 0.15) is 39.8 Å². The monoisotopic (exact) mass is 472 g/mol. The number of benzene rings is 4. The van der Waals surface area contributed by atoms with Crippen LogP contribution in [0.3, 0.4) is 0 Å². The molecule has 178 valence electrons. The second-order valence-corrected chi connectivity index (χ2v) is 8.74. The molecule has 2 unspecified atom stereocenters. The molecule has 0 radical (unpaired) electrons. The van der Waals surface area contributed by atoms with Crippen LogP contribution in [0, 0.1) is 0 Å². The molecule has 4 aromatic carbocycles. The molecule has 0 bridgehead atoms. The number of rotatable bonds is 5. The Kier molecular flexibility index (Phi) is 5.53. The normalized spacial score (nSPS) is 16.6. The first-order chi connectivity index (χ1) is 16.8. The van der Waals surface area contributed by atoms with Crippen molar-refractivity contribution in [1.82, 2.24) is 0 Å². The predicted molar refractivity (Wildman–Crippen MR) is 128 cm³/mol. The van der Waals surface area contributed by atoms with E-state index in [1.54, 1.807) is 24.3 Å². The summed E-state index contributed by atoms with van der Waals surface area (Å²) in [6, 6.07) is 18.8. The number of phenolic OH excluding ortho intramolecular Hbond substituents is 6. The maximum absolute atomic E-state index is 11.1. The van der Waals surface area contributed by atoms with Crippen LogP contribution in [0.25, 0.3) is 0 Å². The summed E-state index contributed by atoms with van der Waals surface area (Å²) in [5, 5.41) is 61.0. The molecule has 0 saturated heterocycles. The van der Waals surface area contributed by atoms with Gasteiger partial charge >= 0.3 is 0 Å². The van der Waals surface area contributed by atoms with Crippen molar-refractivity contribution in [3.8, 4) is 40.2 Å². The fourth-order valence-corrected chi connectivity index (χ4v) is 4.68. The lowest BCUT2D eigenvalue weighted by Crippen LogP contribution is -2.11. The zero-order valence-electron chi connectivity index (χ0n) is 18.6. The van der Waals surface area contributed by atoms with Crippen molar-refractivity contribution in [2.75, 3.05) is 0 Å². The minimum Gasteiger partial charge on any atom is -0.508 e. The number of ether oxygens (including phenoxy) is 1. The summed E-state index contributed by atoms with van der Waals surface area (Å²) in [5.74, 6) is -0.599. The summed E-state index contributed by atoms with van der Waals surface area (Å²) in [6.45, 7) is 0. The largest absolute Gasteiger partial charge is 0.508 e. The molecular weight excluding hydrogens is 448 g/mol. The molecule has 7 nitrogen and oxygen atoms in total. The van der Waals surface area contributed by atoms with Crippen molar-refractivity contribution >= 4 is 0 Å². The molecule has 1 heterocycles. The molecule has 35 heavy (non-hydrogen) atoms. The number of phenols is 6. The van der Waals surface area contributed by atoms with E-state index in [0.29, 0.717) is 35.3 Å². The summed E-state index contributed by atoms with van der Waals surface area (Å²) < 4.78 is 6.25. The Hall–Kier alpha value is -4.52. The van der Waals surface area contributed by atoms with Crippen molar-refractivity contribution in [3.63, 3.8) is 0 Å². The maximum Gasteiger partial charge on any atom is 0.138 e. The average molecular weight is 472 g/mol. The molecule has 4 aromatic rings. The van der Waals surface area contributed by atoms with E-state index in [1.165, 1.54) is 30.3 Å². The molecule has 0 aromatic heterocycles. The van der Waals surface area contributed by atoms with Crippen LogP contribution in [-0.4, -0.2) is 30.6 Å². The highest BCUT2D eigenvalue weighted by molar-refractivity contribution is 5.59. The van der Waals surface area contributed by atoms with Gasteiger partial charge in [0, 0.05) is 23.3 Å². The van der Waals surface area contributed by atoms with Crippen molar-refractivity contribution in [3.05, 3.63) is 101 Å². The van der Waals surface area contributed by atoms with Crippen LogP contribution in [-0.2, 0) is 12.8 Å². The summed E-state index contributed by atoms with van der Waals surface area (Å²) in [6.07, 6.45) is 0.511. The molecule has 6 N–H and O–H groups in total. The van der Waals surface area contributed by atoms with Gasteiger partial charge in [-0.05, 0) is 78.1 Å². The Morgan fingerprint density at radius 3 is 1.91 bits per heavy atom. The smallest absolute Gasteiger partial charge is 0.138 e. The third-order valence-corrected chi connectivity index (χ3v) is 6.29. The molecular formula is C28H24O7. The van der Waals surface area contributed by atoms with Crippen LogP contribution in [0.5, 0.6) is 40.2 Å². The molecule has 0 saturated carbocycles. The van der Waals surface area contributed by atoms with Gasteiger partial charge in [0.15, 0.2) is 0 Å². The van der Waals surface area contributed by atoms with Crippen molar-refractivity contribution in [1.29, 1.82) is 0 Å². The van der Waals surface area contributed by atoms with E-state index in [0.717, 1.165) is 11.1 Å². The Balaban J connectivity index is 1.55. The molecule has 0 aliphatic carbocycles. The van der Waals surface area contributed by atoms with Gasteiger partial charge in [-0.3, -0.25) is 0 Å². The first-order valence-corrected chi connectivity index (χ1v) is 11.1. The molecule has 2 atom stereocenters. The quantitative estimate of drug-likeness (QED) is 0.242. The lowest BCUT2D eigenvalue weighted by molar-refractivity contribution is 0.216. The Labute approximate surface area is 201 Å². The van der Waals surface area contributed by atoms with Crippen LogP contribution in [0.2, 0.25) is 0 Å². The number of aryl methyl sites for hydroxylation is 2. The molecule has 1 aliphatic rings. The second kappa shape index (κ2) is 8.68. The van der Waals surface area contributed by atoms with E-state index < -0.39 is 12.0 Å². The van der Waals surface area contributed by atoms with Crippen LogP contribution in [0.15, 0.2) is 72.8 Å². The molecule has 0 spiro atoms. The van der Waals surface area contributed by atoms with Crippen LogP contribution >= 0.6 is 0 Å². The fourth-order valence-electron chi connectivity index (χ4n) is 4.68. The highest BCUT2D eigenvalue weighted by atomic mass is 16.5. The molecule has 1 aliphatic heterocycles. The molecule has 0 amide bonds. The van der Waals surface area contributed by atoms with Gasteiger partial charge in [-0.15, -0.1) is 0 Å². The fraction of sp³-hybridized carbons (Fsp3) is 0.143. The predicted octanol–water partition coefficient (Wildman–Crippen LogP) is 4.97. The lowest BCUT2D eigenvalue weighted by atomic mass is 9.83. The van der Waals surface area contributed by atoms with Gasteiger partial charge < -0.3 is 35.4 Å². The molecule has 7 heteroatoms. The van der Waals surface area contributed by atoms with Crippen LogP contribution in [0.4, 0.5) is 0 Å². The highest BCUT2D eigenvalue weighted by Gasteiger charge is 2.41. The third-order valence-electron chi connectivity index (χ3n) is 6.29. The zero-order valence-corrected chi connectivity index (χ0v) is 18.6. The van der Waals surface area contributed by atoms with Crippen molar-refractivity contribution in [2.24, 2.45) is 0 Å². The average Bonchev–Trinajstić information content (AvgIpc) is 3.18. The van der Waals surface area contributed by atoms with Gasteiger partial charge in [0.05, 0.1) is 5.92 Å². The van der Waals surface area contributed by atoms with E-state index in [1.807, 2.05) is 18.2 Å². The second-order valence-electron chi connectivity index (χ2n) is 8.74.